The van der Waals surface area contributed by atoms with Gasteiger partial charge in [0.1, 0.15) is 15.7 Å². The van der Waals surface area contributed by atoms with Gasteiger partial charge in [-0.15, -0.1) is 0 Å². The van der Waals surface area contributed by atoms with Crippen LogP contribution in [-0.4, -0.2) is 21.2 Å². The van der Waals surface area contributed by atoms with E-state index < -0.39 is 0 Å². The Kier molecular flexibility index (Phi) is 2.86. The first-order valence-electron chi connectivity index (χ1n) is 3.91. The molecule has 0 aliphatic rings. The second-order valence-corrected chi connectivity index (χ2v) is 4.23. The minimum Gasteiger partial charge on any atom is -0.301 e. The average molecular weight is 262 g/mol. The van der Waals surface area contributed by atoms with Crippen LogP contribution in [0.2, 0.25) is 10.2 Å². The first-order chi connectivity index (χ1) is 7.13. The van der Waals surface area contributed by atoms with Crippen molar-refractivity contribution in [2.75, 3.05) is 6.26 Å². The number of thioether (sulfide) groups is 1. The number of fused-ring (bicyclic) bond motifs is 1. The summed E-state index contributed by atoms with van der Waals surface area (Å²) in [5.74, 6) is 0. The molecule has 0 radical (unpaired) electrons. The molecular formula is C8H5Cl2N3OS. The molecule has 1 N–H and O–H groups in total. The first kappa shape index (κ1) is 10.7. The van der Waals surface area contributed by atoms with Crippen LogP contribution in [0, 0.1) is 0 Å². The number of aromatic nitrogens is 3. The summed E-state index contributed by atoms with van der Waals surface area (Å²) < 4.78 is 0. The molecule has 0 bridgehead atoms. The lowest BCUT2D eigenvalue weighted by Gasteiger charge is -2.02. The van der Waals surface area contributed by atoms with Gasteiger partial charge in [-0.1, -0.05) is 35.0 Å². The van der Waals surface area contributed by atoms with E-state index in [0.717, 1.165) is 0 Å². The van der Waals surface area contributed by atoms with Crippen LogP contribution in [0.3, 0.4) is 0 Å². The molecule has 0 atom stereocenters. The highest BCUT2D eigenvalue weighted by atomic mass is 35.5. The summed E-state index contributed by atoms with van der Waals surface area (Å²) in [5.41, 5.74) is 0.111. The van der Waals surface area contributed by atoms with E-state index in [1.807, 2.05) is 0 Å². The van der Waals surface area contributed by atoms with Gasteiger partial charge in [-0.05, 0) is 6.26 Å². The second kappa shape index (κ2) is 4.00. The Morgan fingerprint density at radius 2 is 2.20 bits per heavy atom. The third kappa shape index (κ3) is 1.82. The molecule has 0 aliphatic carbocycles. The van der Waals surface area contributed by atoms with E-state index in [1.165, 1.54) is 18.0 Å². The number of nitrogens with one attached hydrogen (secondary N) is 1. The highest BCUT2D eigenvalue weighted by molar-refractivity contribution is 7.98. The van der Waals surface area contributed by atoms with Crippen LogP contribution >= 0.6 is 35.0 Å². The maximum absolute atomic E-state index is 11.6. The van der Waals surface area contributed by atoms with Gasteiger partial charge in [0.25, 0.3) is 5.56 Å². The number of rotatable bonds is 1. The lowest BCUT2D eigenvalue weighted by molar-refractivity contribution is 0.975. The minimum atomic E-state index is -0.268. The lowest BCUT2D eigenvalue weighted by atomic mass is 10.3. The summed E-state index contributed by atoms with van der Waals surface area (Å²) in [6.45, 7) is 0. The average Bonchev–Trinajstić information content (AvgIpc) is 2.23. The van der Waals surface area contributed by atoms with E-state index in [2.05, 4.69) is 15.0 Å². The first-order valence-corrected chi connectivity index (χ1v) is 5.89. The van der Waals surface area contributed by atoms with Crippen LogP contribution in [0.1, 0.15) is 0 Å². The molecule has 78 valence electrons. The molecule has 2 heterocycles. The molecular weight excluding hydrogens is 257 g/mol. The van der Waals surface area contributed by atoms with Gasteiger partial charge in [0.05, 0.1) is 5.39 Å². The van der Waals surface area contributed by atoms with Crippen molar-refractivity contribution in [3.05, 3.63) is 26.7 Å². The molecule has 0 amide bonds. The maximum atomic E-state index is 11.6. The zero-order valence-electron chi connectivity index (χ0n) is 7.54. The van der Waals surface area contributed by atoms with Gasteiger partial charge in [-0.3, -0.25) is 4.79 Å². The monoisotopic (exact) mass is 261 g/mol. The largest absolute Gasteiger partial charge is 0.301 e. The summed E-state index contributed by atoms with van der Waals surface area (Å²) >= 11 is 13.0. The molecule has 0 unspecified atom stereocenters. The number of nitrogens with zero attached hydrogens (tertiary/aromatic N) is 2. The van der Waals surface area contributed by atoms with E-state index in [-0.39, 0.29) is 15.7 Å². The second-order valence-electron chi connectivity index (χ2n) is 2.70. The van der Waals surface area contributed by atoms with Crippen molar-refractivity contribution in [2.24, 2.45) is 0 Å². The number of hydrogen-bond acceptors (Lipinski definition) is 4. The molecule has 0 aromatic carbocycles. The number of halogens is 2. The van der Waals surface area contributed by atoms with Gasteiger partial charge >= 0.3 is 0 Å². The zero-order valence-corrected chi connectivity index (χ0v) is 9.87. The van der Waals surface area contributed by atoms with E-state index in [9.17, 15) is 4.79 Å². The van der Waals surface area contributed by atoms with E-state index in [4.69, 9.17) is 23.2 Å². The summed E-state index contributed by atoms with van der Waals surface area (Å²) in [6, 6.07) is 0. The highest BCUT2D eigenvalue weighted by Crippen LogP contribution is 2.26. The van der Waals surface area contributed by atoms with Crippen molar-refractivity contribution >= 4 is 45.9 Å². The van der Waals surface area contributed by atoms with Crippen LogP contribution in [0.4, 0.5) is 0 Å². The van der Waals surface area contributed by atoms with Crippen LogP contribution in [0.25, 0.3) is 10.9 Å². The maximum Gasteiger partial charge on any atom is 0.261 e. The summed E-state index contributed by atoms with van der Waals surface area (Å²) in [7, 11) is 0. The summed E-state index contributed by atoms with van der Waals surface area (Å²) in [5, 5.41) is 1.18. The Morgan fingerprint density at radius 3 is 2.87 bits per heavy atom. The fraction of sp³-hybridized carbons (Fsp3) is 0.125. The van der Waals surface area contributed by atoms with Crippen molar-refractivity contribution in [3.8, 4) is 0 Å². The SMILES string of the molecule is CSc1nc2c(Cl)c(Cl)ncc2c(=O)[nH]1. The van der Waals surface area contributed by atoms with Gasteiger partial charge < -0.3 is 4.98 Å². The molecule has 0 aliphatic heterocycles. The third-order valence-electron chi connectivity index (χ3n) is 1.82. The van der Waals surface area contributed by atoms with E-state index >= 15 is 0 Å². The number of hydrogen-bond donors (Lipinski definition) is 1. The van der Waals surface area contributed by atoms with Crippen molar-refractivity contribution in [1.29, 1.82) is 0 Å². The van der Waals surface area contributed by atoms with Crippen LogP contribution in [-0.2, 0) is 0 Å². The van der Waals surface area contributed by atoms with Crippen LogP contribution < -0.4 is 5.56 Å². The van der Waals surface area contributed by atoms with E-state index in [1.54, 1.807) is 6.26 Å². The van der Waals surface area contributed by atoms with Crippen molar-refractivity contribution < 1.29 is 0 Å². The fourth-order valence-corrected chi connectivity index (χ4v) is 1.83. The Bertz CT molecular complexity index is 584. The topological polar surface area (TPSA) is 58.6 Å². The van der Waals surface area contributed by atoms with Crippen LogP contribution in [0.15, 0.2) is 16.1 Å². The van der Waals surface area contributed by atoms with E-state index in [0.29, 0.717) is 16.1 Å². The van der Waals surface area contributed by atoms with Crippen LogP contribution in [0.5, 0.6) is 0 Å². The van der Waals surface area contributed by atoms with Gasteiger partial charge in [0.15, 0.2) is 5.16 Å². The molecule has 0 fully saturated rings. The molecule has 15 heavy (non-hydrogen) atoms. The van der Waals surface area contributed by atoms with Crippen molar-refractivity contribution in [3.63, 3.8) is 0 Å². The smallest absolute Gasteiger partial charge is 0.261 e. The van der Waals surface area contributed by atoms with Crippen molar-refractivity contribution in [2.45, 2.75) is 5.16 Å². The molecule has 0 spiro atoms. The zero-order chi connectivity index (χ0) is 11.0. The predicted molar refractivity (Wildman–Crippen MR) is 62.0 cm³/mol. The summed E-state index contributed by atoms with van der Waals surface area (Å²) in [4.78, 5) is 22.1. The Labute approximate surface area is 99.0 Å². The standard InChI is InChI=1S/C8H5Cl2N3OS/c1-15-8-12-5-3(7(14)13-8)2-11-6(10)4(5)9/h2H,1H3,(H,12,13,14). The Balaban J connectivity index is 2.93. The third-order valence-corrected chi connectivity index (χ3v) is 3.14. The molecule has 2 rings (SSSR count). The minimum absolute atomic E-state index is 0.148. The van der Waals surface area contributed by atoms with Gasteiger partial charge in [-0.25, -0.2) is 9.97 Å². The lowest BCUT2D eigenvalue weighted by Crippen LogP contribution is -2.09. The number of aromatic amines is 1. The predicted octanol–water partition coefficient (Wildman–Crippen LogP) is 2.35. The number of H-pyrrole nitrogens is 1. The molecule has 0 saturated carbocycles. The molecule has 2 aromatic rings. The highest BCUT2D eigenvalue weighted by Gasteiger charge is 2.10. The molecule has 4 nitrogen and oxygen atoms in total. The molecule has 0 saturated heterocycles. The Morgan fingerprint density at radius 1 is 1.47 bits per heavy atom. The summed E-state index contributed by atoms with van der Waals surface area (Å²) in [6.07, 6.45) is 3.17. The molecule has 7 heteroatoms. The van der Waals surface area contributed by atoms with Gasteiger partial charge in [0, 0.05) is 6.20 Å². The Hall–Kier alpha value is -0.780. The quantitative estimate of drug-likeness (QED) is 0.487. The van der Waals surface area contributed by atoms with Gasteiger partial charge in [0.2, 0.25) is 0 Å². The fourth-order valence-electron chi connectivity index (χ4n) is 1.12. The number of pyridine rings is 1. The van der Waals surface area contributed by atoms with Gasteiger partial charge in [-0.2, -0.15) is 0 Å². The van der Waals surface area contributed by atoms with Crippen molar-refractivity contribution in [1.82, 2.24) is 15.0 Å². The molecule has 2 aromatic heterocycles. The normalized spacial score (nSPS) is 10.9.